The summed E-state index contributed by atoms with van der Waals surface area (Å²) in [5.74, 6) is 0. The number of nitrogens with zero attached hydrogens (tertiary/aromatic N) is 3. The van der Waals surface area contributed by atoms with Crippen molar-refractivity contribution in [1.29, 1.82) is 5.26 Å². The van der Waals surface area contributed by atoms with Crippen LogP contribution in [0.2, 0.25) is 0 Å². The summed E-state index contributed by atoms with van der Waals surface area (Å²) in [7, 11) is 2.14. The third-order valence-electron chi connectivity index (χ3n) is 4.33. The maximum atomic E-state index is 9.63. The Hall–Kier alpha value is -2.13. The number of allylic oxidation sites excluding steroid dienone is 1. The molecule has 1 aliphatic rings. The maximum absolute atomic E-state index is 9.63. The number of halogens is 1. The molecule has 1 aliphatic heterocycles. The predicted octanol–water partition coefficient (Wildman–Crippen LogP) is 4.09. The van der Waals surface area contributed by atoms with E-state index < -0.39 is 0 Å². The van der Waals surface area contributed by atoms with Crippen molar-refractivity contribution in [3.8, 4) is 6.07 Å². The number of benzene rings is 2. The molecule has 0 bridgehead atoms. The number of nitrogens with one attached hydrogen (secondary N) is 1. The molecule has 5 heteroatoms. The molecule has 1 fully saturated rings. The standard InChI is InChI=1S/C20H21BrN4/c1-24-10-12-25(13-11-24)23-20-9-5-2-6-16(20)14-17(15-22)18-7-3-4-8-19(18)21/h2-9,14,23H,10-13H2,1H3. The maximum Gasteiger partial charge on any atom is 0.0998 e. The van der Waals surface area contributed by atoms with Crippen LogP contribution < -0.4 is 5.43 Å². The minimum absolute atomic E-state index is 0.639. The number of anilines is 1. The summed E-state index contributed by atoms with van der Waals surface area (Å²) in [5.41, 5.74) is 7.08. The van der Waals surface area contributed by atoms with Crippen LogP contribution in [0.4, 0.5) is 5.69 Å². The summed E-state index contributed by atoms with van der Waals surface area (Å²) < 4.78 is 0.923. The third kappa shape index (κ3) is 4.49. The molecule has 4 nitrogen and oxygen atoms in total. The van der Waals surface area contributed by atoms with Crippen LogP contribution in [0, 0.1) is 11.3 Å². The monoisotopic (exact) mass is 396 g/mol. The van der Waals surface area contributed by atoms with E-state index in [2.05, 4.69) is 50.4 Å². The van der Waals surface area contributed by atoms with Gasteiger partial charge in [-0.3, -0.25) is 0 Å². The highest BCUT2D eigenvalue weighted by Gasteiger charge is 2.14. The molecule has 0 radical (unpaired) electrons. The molecule has 25 heavy (non-hydrogen) atoms. The fourth-order valence-electron chi connectivity index (χ4n) is 2.82. The first-order chi connectivity index (χ1) is 12.2. The van der Waals surface area contributed by atoms with Gasteiger partial charge in [-0.15, -0.1) is 0 Å². The van der Waals surface area contributed by atoms with Crippen LogP contribution >= 0.6 is 15.9 Å². The zero-order chi connectivity index (χ0) is 17.6. The zero-order valence-corrected chi connectivity index (χ0v) is 15.8. The van der Waals surface area contributed by atoms with Gasteiger partial charge < -0.3 is 10.3 Å². The highest BCUT2D eigenvalue weighted by Crippen LogP contribution is 2.28. The van der Waals surface area contributed by atoms with E-state index in [1.54, 1.807) is 0 Å². The fraction of sp³-hybridized carbons (Fsp3) is 0.250. The third-order valence-corrected chi connectivity index (χ3v) is 5.02. The van der Waals surface area contributed by atoms with Gasteiger partial charge in [0.25, 0.3) is 0 Å². The van der Waals surface area contributed by atoms with E-state index in [0.29, 0.717) is 5.57 Å². The van der Waals surface area contributed by atoms with Crippen molar-refractivity contribution in [1.82, 2.24) is 9.91 Å². The molecule has 0 aromatic heterocycles. The van der Waals surface area contributed by atoms with Crippen LogP contribution in [-0.2, 0) is 0 Å². The van der Waals surface area contributed by atoms with Gasteiger partial charge in [0.05, 0.1) is 17.3 Å². The lowest BCUT2D eigenvalue weighted by Crippen LogP contribution is -2.47. The Labute approximate surface area is 157 Å². The molecule has 1 saturated heterocycles. The highest BCUT2D eigenvalue weighted by molar-refractivity contribution is 9.10. The minimum atomic E-state index is 0.639. The van der Waals surface area contributed by atoms with E-state index in [9.17, 15) is 5.26 Å². The first-order valence-electron chi connectivity index (χ1n) is 8.33. The van der Waals surface area contributed by atoms with Gasteiger partial charge in [-0.05, 0) is 25.3 Å². The van der Waals surface area contributed by atoms with Crippen LogP contribution in [0.5, 0.6) is 0 Å². The van der Waals surface area contributed by atoms with Gasteiger partial charge in [0.1, 0.15) is 0 Å². The van der Waals surface area contributed by atoms with Crippen LogP contribution in [0.3, 0.4) is 0 Å². The second-order valence-corrected chi connectivity index (χ2v) is 6.99. The highest BCUT2D eigenvalue weighted by atomic mass is 79.9. The van der Waals surface area contributed by atoms with Crippen molar-refractivity contribution in [3.05, 3.63) is 64.1 Å². The molecule has 3 rings (SSSR count). The number of likely N-dealkylation sites (N-methyl/N-ethyl adjacent to an activating group) is 1. The molecular weight excluding hydrogens is 376 g/mol. The quantitative estimate of drug-likeness (QED) is 0.624. The summed E-state index contributed by atoms with van der Waals surface area (Å²) in [5, 5.41) is 11.9. The van der Waals surface area contributed by atoms with Gasteiger partial charge in [-0.2, -0.15) is 5.26 Å². The van der Waals surface area contributed by atoms with Gasteiger partial charge in [0.15, 0.2) is 0 Å². The van der Waals surface area contributed by atoms with E-state index >= 15 is 0 Å². The molecule has 0 spiro atoms. The summed E-state index contributed by atoms with van der Waals surface area (Å²) in [6, 6.07) is 18.2. The Morgan fingerprint density at radius 1 is 1.08 bits per heavy atom. The Bertz CT molecular complexity index is 801. The second-order valence-electron chi connectivity index (χ2n) is 6.14. The van der Waals surface area contributed by atoms with Crippen molar-refractivity contribution in [2.24, 2.45) is 0 Å². The summed E-state index contributed by atoms with van der Waals surface area (Å²) in [4.78, 5) is 2.32. The largest absolute Gasteiger partial charge is 0.318 e. The lowest BCUT2D eigenvalue weighted by atomic mass is 10.0. The van der Waals surface area contributed by atoms with Gasteiger partial charge in [-0.1, -0.05) is 52.3 Å². The molecule has 0 saturated carbocycles. The van der Waals surface area contributed by atoms with Crippen LogP contribution in [-0.4, -0.2) is 43.1 Å². The zero-order valence-electron chi connectivity index (χ0n) is 14.2. The molecule has 2 aromatic rings. The number of nitriles is 1. The van der Waals surface area contributed by atoms with E-state index in [1.807, 2.05) is 48.5 Å². The van der Waals surface area contributed by atoms with Crippen LogP contribution in [0.1, 0.15) is 11.1 Å². The average Bonchev–Trinajstić information content (AvgIpc) is 2.63. The number of hydrazine groups is 1. The van der Waals surface area contributed by atoms with Crippen molar-refractivity contribution in [2.45, 2.75) is 0 Å². The average molecular weight is 397 g/mol. The number of para-hydroxylation sites is 1. The molecule has 128 valence electrons. The fourth-order valence-corrected chi connectivity index (χ4v) is 3.32. The Morgan fingerprint density at radius 3 is 2.48 bits per heavy atom. The molecule has 2 aromatic carbocycles. The van der Waals surface area contributed by atoms with Gasteiger partial charge in [0.2, 0.25) is 0 Å². The smallest absolute Gasteiger partial charge is 0.0998 e. The number of rotatable bonds is 4. The van der Waals surface area contributed by atoms with Crippen LogP contribution in [0.15, 0.2) is 53.0 Å². The predicted molar refractivity (Wildman–Crippen MR) is 107 cm³/mol. The molecule has 1 heterocycles. The van der Waals surface area contributed by atoms with Gasteiger partial charge in [0, 0.05) is 41.8 Å². The normalized spacial score (nSPS) is 16.4. The Kier molecular flexibility index (Phi) is 5.87. The van der Waals surface area contributed by atoms with Gasteiger partial charge >= 0.3 is 0 Å². The van der Waals surface area contributed by atoms with Crippen molar-refractivity contribution >= 4 is 33.3 Å². The Balaban J connectivity index is 1.87. The first-order valence-corrected chi connectivity index (χ1v) is 9.12. The Morgan fingerprint density at radius 2 is 1.76 bits per heavy atom. The lowest BCUT2D eigenvalue weighted by Gasteiger charge is -2.33. The SMILES string of the molecule is CN1CCN(Nc2ccccc2C=C(C#N)c2ccccc2Br)CC1. The van der Waals surface area contributed by atoms with Gasteiger partial charge in [-0.25, -0.2) is 5.01 Å². The summed E-state index contributed by atoms with van der Waals surface area (Å²) in [6.07, 6.45) is 1.94. The molecule has 0 aliphatic carbocycles. The molecule has 0 amide bonds. The topological polar surface area (TPSA) is 42.3 Å². The van der Waals surface area contributed by atoms with Crippen molar-refractivity contribution in [3.63, 3.8) is 0 Å². The molecule has 0 atom stereocenters. The minimum Gasteiger partial charge on any atom is -0.318 e. The molecule has 1 N–H and O–H groups in total. The van der Waals surface area contributed by atoms with Crippen LogP contribution in [0.25, 0.3) is 11.6 Å². The second kappa shape index (κ2) is 8.30. The first kappa shape index (κ1) is 17.7. The van der Waals surface area contributed by atoms with Crippen molar-refractivity contribution in [2.75, 3.05) is 38.7 Å². The molecule has 0 unspecified atom stereocenters. The lowest BCUT2D eigenvalue weighted by molar-refractivity contribution is 0.179. The van der Waals surface area contributed by atoms with E-state index in [4.69, 9.17) is 0 Å². The number of piperazine rings is 1. The molecular formula is C20H21BrN4. The van der Waals surface area contributed by atoms with Crippen molar-refractivity contribution < 1.29 is 0 Å². The van der Waals surface area contributed by atoms with E-state index in [1.165, 1.54) is 0 Å². The summed E-state index contributed by atoms with van der Waals surface area (Å²) >= 11 is 3.53. The van der Waals surface area contributed by atoms with E-state index in [0.717, 1.165) is 47.5 Å². The number of hydrogen-bond donors (Lipinski definition) is 1. The number of hydrogen-bond acceptors (Lipinski definition) is 4. The summed E-state index contributed by atoms with van der Waals surface area (Å²) in [6.45, 7) is 4.05. The van der Waals surface area contributed by atoms with E-state index in [-0.39, 0.29) is 0 Å².